The average Bonchev–Trinajstić information content (AvgIpc) is 2.90. The third-order valence-corrected chi connectivity index (χ3v) is 4.93. The maximum Gasteiger partial charge on any atom is 0.272 e. The highest BCUT2D eigenvalue weighted by Gasteiger charge is 2.37. The van der Waals surface area contributed by atoms with Gasteiger partial charge in [0, 0.05) is 11.6 Å². The van der Waals surface area contributed by atoms with E-state index in [1.807, 2.05) is 12.1 Å². The van der Waals surface area contributed by atoms with Gasteiger partial charge in [0.05, 0.1) is 4.92 Å². The van der Waals surface area contributed by atoms with E-state index in [9.17, 15) is 10.1 Å². The molecule has 1 aromatic rings. The molecule has 0 spiro atoms. The molecule has 1 saturated carbocycles. The van der Waals surface area contributed by atoms with E-state index >= 15 is 0 Å². The van der Waals surface area contributed by atoms with Crippen molar-refractivity contribution in [2.24, 2.45) is 17.1 Å². The molecule has 0 bridgehead atoms. The first kappa shape index (κ1) is 15.0. The van der Waals surface area contributed by atoms with Gasteiger partial charge in [0.25, 0.3) is 5.69 Å². The van der Waals surface area contributed by atoms with Crippen LogP contribution in [0.4, 0.5) is 5.69 Å². The predicted molar refractivity (Wildman–Crippen MR) is 80.5 cm³/mol. The van der Waals surface area contributed by atoms with Crippen molar-refractivity contribution >= 4 is 5.69 Å². The van der Waals surface area contributed by atoms with E-state index in [0.29, 0.717) is 6.54 Å². The minimum Gasteiger partial charge on any atom is -0.330 e. The second-order valence-corrected chi connectivity index (χ2v) is 6.11. The summed E-state index contributed by atoms with van der Waals surface area (Å²) in [6, 6.07) is 7.06. The van der Waals surface area contributed by atoms with Crippen LogP contribution in [-0.2, 0) is 6.42 Å². The number of hydrogen-bond acceptors (Lipinski definition) is 3. The molecule has 2 N–H and O–H groups in total. The van der Waals surface area contributed by atoms with Crippen LogP contribution < -0.4 is 5.73 Å². The summed E-state index contributed by atoms with van der Waals surface area (Å²) in [6.07, 6.45) is 6.54. The Balaban J connectivity index is 2.06. The molecular weight excluding hydrogens is 252 g/mol. The van der Waals surface area contributed by atoms with E-state index in [1.165, 1.54) is 25.7 Å². The Bertz CT molecular complexity index is 475. The first-order valence-corrected chi connectivity index (χ1v) is 7.52. The lowest BCUT2D eigenvalue weighted by Crippen LogP contribution is -2.28. The Morgan fingerprint density at radius 3 is 2.80 bits per heavy atom. The van der Waals surface area contributed by atoms with Crippen LogP contribution >= 0.6 is 0 Å². The molecule has 0 radical (unpaired) electrons. The quantitative estimate of drug-likeness (QED) is 0.636. The van der Waals surface area contributed by atoms with E-state index in [1.54, 1.807) is 12.1 Å². The minimum atomic E-state index is -0.284. The molecule has 1 aliphatic carbocycles. The fraction of sp³-hybridized carbons (Fsp3) is 0.625. The van der Waals surface area contributed by atoms with Crippen molar-refractivity contribution < 1.29 is 4.92 Å². The molecule has 0 amide bonds. The molecule has 1 aliphatic rings. The molecule has 0 saturated heterocycles. The second kappa shape index (κ2) is 6.35. The van der Waals surface area contributed by atoms with Crippen LogP contribution in [-0.4, -0.2) is 11.5 Å². The Kier molecular flexibility index (Phi) is 4.76. The van der Waals surface area contributed by atoms with Crippen molar-refractivity contribution in [2.75, 3.05) is 6.54 Å². The average molecular weight is 276 g/mol. The summed E-state index contributed by atoms with van der Waals surface area (Å²) in [5.74, 6) is 0.782. The maximum absolute atomic E-state index is 11.0. The number of para-hydroxylation sites is 1. The lowest BCUT2D eigenvalue weighted by molar-refractivity contribution is -0.385. The number of benzene rings is 1. The van der Waals surface area contributed by atoms with Crippen molar-refractivity contribution in [1.29, 1.82) is 0 Å². The van der Waals surface area contributed by atoms with Crippen LogP contribution in [0.2, 0.25) is 0 Å². The molecule has 2 unspecified atom stereocenters. The standard InChI is InChI=1S/C16H24N2O2/c1-2-13-7-9-16(11-13,12-17)10-8-14-5-3-4-6-15(14)18(19)20/h3-6,13H,2,7-12,17H2,1H3. The fourth-order valence-corrected chi connectivity index (χ4v) is 3.49. The summed E-state index contributed by atoms with van der Waals surface area (Å²) in [7, 11) is 0. The van der Waals surface area contributed by atoms with Gasteiger partial charge in [-0.15, -0.1) is 0 Å². The van der Waals surface area contributed by atoms with Gasteiger partial charge in [-0.1, -0.05) is 31.5 Å². The maximum atomic E-state index is 11.0. The lowest BCUT2D eigenvalue weighted by atomic mass is 9.79. The van der Waals surface area contributed by atoms with Gasteiger partial charge in [-0.2, -0.15) is 0 Å². The van der Waals surface area contributed by atoms with Crippen molar-refractivity contribution in [3.63, 3.8) is 0 Å². The Hall–Kier alpha value is -1.42. The number of hydrogen-bond donors (Lipinski definition) is 1. The third kappa shape index (κ3) is 3.18. The van der Waals surface area contributed by atoms with E-state index in [2.05, 4.69) is 6.92 Å². The van der Waals surface area contributed by atoms with Crippen LogP contribution in [0.15, 0.2) is 24.3 Å². The summed E-state index contributed by atoms with van der Waals surface area (Å²) in [6.45, 7) is 2.93. The first-order chi connectivity index (χ1) is 9.60. The molecule has 0 aliphatic heterocycles. The molecular formula is C16H24N2O2. The monoisotopic (exact) mass is 276 g/mol. The molecule has 0 heterocycles. The van der Waals surface area contributed by atoms with E-state index in [0.717, 1.165) is 24.3 Å². The largest absolute Gasteiger partial charge is 0.330 e. The van der Waals surface area contributed by atoms with E-state index in [-0.39, 0.29) is 16.0 Å². The SMILES string of the molecule is CCC1CCC(CN)(CCc2ccccc2[N+](=O)[O-])C1. The molecule has 4 heteroatoms. The summed E-state index contributed by atoms with van der Waals surface area (Å²) in [5, 5.41) is 11.0. The molecule has 1 fully saturated rings. The van der Waals surface area contributed by atoms with Crippen molar-refractivity contribution in [3.8, 4) is 0 Å². The van der Waals surface area contributed by atoms with Gasteiger partial charge < -0.3 is 5.73 Å². The van der Waals surface area contributed by atoms with Crippen molar-refractivity contribution in [1.82, 2.24) is 0 Å². The van der Waals surface area contributed by atoms with Crippen LogP contribution in [0.5, 0.6) is 0 Å². The van der Waals surface area contributed by atoms with Gasteiger partial charge >= 0.3 is 0 Å². The Morgan fingerprint density at radius 2 is 2.20 bits per heavy atom. The second-order valence-electron chi connectivity index (χ2n) is 6.11. The molecule has 2 atom stereocenters. The molecule has 2 rings (SSSR count). The highest BCUT2D eigenvalue weighted by molar-refractivity contribution is 5.39. The Labute approximate surface area is 120 Å². The Morgan fingerprint density at radius 1 is 1.45 bits per heavy atom. The van der Waals surface area contributed by atoms with Crippen molar-refractivity contribution in [3.05, 3.63) is 39.9 Å². The van der Waals surface area contributed by atoms with Crippen LogP contribution in [0.1, 0.15) is 44.6 Å². The number of aryl methyl sites for hydroxylation is 1. The number of nitrogens with zero attached hydrogens (tertiary/aromatic N) is 1. The normalized spacial score (nSPS) is 25.8. The zero-order valence-corrected chi connectivity index (χ0v) is 12.2. The zero-order chi connectivity index (χ0) is 14.6. The zero-order valence-electron chi connectivity index (χ0n) is 12.2. The predicted octanol–water partition coefficient (Wildman–Crippen LogP) is 3.68. The topological polar surface area (TPSA) is 69.2 Å². The highest BCUT2D eigenvalue weighted by Crippen LogP contribution is 2.45. The summed E-state index contributed by atoms with van der Waals surface area (Å²) < 4.78 is 0. The van der Waals surface area contributed by atoms with Gasteiger partial charge in [-0.05, 0) is 50.0 Å². The van der Waals surface area contributed by atoms with Crippen LogP contribution in [0, 0.1) is 21.4 Å². The smallest absolute Gasteiger partial charge is 0.272 e. The molecule has 0 aromatic heterocycles. The first-order valence-electron chi connectivity index (χ1n) is 7.52. The van der Waals surface area contributed by atoms with E-state index in [4.69, 9.17) is 5.73 Å². The summed E-state index contributed by atoms with van der Waals surface area (Å²) >= 11 is 0. The van der Waals surface area contributed by atoms with Crippen molar-refractivity contribution in [2.45, 2.75) is 45.4 Å². The van der Waals surface area contributed by atoms with Gasteiger partial charge in [-0.3, -0.25) is 10.1 Å². The van der Waals surface area contributed by atoms with Crippen LogP contribution in [0.3, 0.4) is 0 Å². The lowest BCUT2D eigenvalue weighted by Gasteiger charge is -2.27. The molecule has 1 aromatic carbocycles. The van der Waals surface area contributed by atoms with Crippen LogP contribution in [0.25, 0.3) is 0 Å². The van der Waals surface area contributed by atoms with Gasteiger partial charge in [0.2, 0.25) is 0 Å². The third-order valence-electron chi connectivity index (χ3n) is 4.93. The molecule has 20 heavy (non-hydrogen) atoms. The highest BCUT2D eigenvalue weighted by atomic mass is 16.6. The summed E-state index contributed by atoms with van der Waals surface area (Å²) in [4.78, 5) is 10.8. The summed E-state index contributed by atoms with van der Waals surface area (Å²) in [5.41, 5.74) is 7.29. The number of nitro benzene ring substituents is 1. The fourth-order valence-electron chi connectivity index (χ4n) is 3.49. The number of nitrogens with two attached hydrogens (primary N) is 1. The molecule has 110 valence electrons. The minimum absolute atomic E-state index is 0.199. The number of rotatable bonds is 6. The van der Waals surface area contributed by atoms with E-state index < -0.39 is 0 Å². The molecule has 4 nitrogen and oxygen atoms in total. The van der Waals surface area contributed by atoms with Gasteiger partial charge in [-0.25, -0.2) is 0 Å². The van der Waals surface area contributed by atoms with Gasteiger partial charge in [0.15, 0.2) is 0 Å². The van der Waals surface area contributed by atoms with Gasteiger partial charge in [0.1, 0.15) is 0 Å². The number of nitro groups is 1.